The van der Waals surface area contributed by atoms with Crippen LogP contribution in [0.2, 0.25) is 0 Å². The summed E-state index contributed by atoms with van der Waals surface area (Å²) in [5.74, 6) is -0.0394. The van der Waals surface area contributed by atoms with Crippen LogP contribution in [-0.2, 0) is 0 Å². The molecule has 0 bridgehead atoms. The zero-order valence-electron chi connectivity index (χ0n) is 4.10. The number of rotatable bonds is 1. The average molecular weight is 109 g/mol. The normalized spacial score (nSPS) is 9.00. The third-order valence-electron chi connectivity index (χ3n) is 0.719. The van der Waals surface area contributed by atoms with E-state index in [1.807, 2.05) is 0 Å². The molecule has 1 aromatic rings. The van der Waals surface area contributed by atoms with Gasteiger partial charge in [-0.05, 0) is 0 Å². The number of imidazole rings is 1. The summed E-state index contributed by atoms with van der Waals surface area (Å²) >= 11 is 0. The second-order valence-electron chi connectivity index (χ2n) is 1.30. The molecule has 0 saturated heterocycles. The fourth-order valence-corrected chi connectivity index (χ4v) is 0.364. The Bertz CT molecular complexity index is 176. The van der Waals surface area contributed by atoms with E-state index in [0.717, 1.165) is 0 Å². The standard InChI is InChI=1S/C4H5N4/c5-4(6)3-1-7-2-8-3/h2H,(H3,5,6)(H,7,8). The van der Waals surface area contributed by atoms with Gasteiger partial charge in [0.25, 0.3) is 0 Å². The van der Waals surface area contributed by atoms with Gasteiger partial charge in [-0.15, -0.1) is 0 Å². The Morgan fingerprint density at radius 3 is 3.00 bits per heavy atom. The van der Waals surface area contributed by atoms with E-state index >= 15 is 0 Å². The number of nitrogens with two attached hydrogens (primary N) is 1. The zero-order chi connectivity index (χ0) is 5.98. The van der Waals surface area contributed by atoms with Gasteiger partial charge in [0.15, 0.2) is 0 Å². The Kier molecular flexibility index (Phi) is 0.997. The number of H-pyrrole nitrogens is 1. The largest absolute Gasteiger partial charge is 0.382 e. The highest BCUT2D eigenvalue weighted by Gasteiger charge is 1.93. The van der Waals surface area contributed by atoms with Gasteiger partial charge in [0.2, 0.25) is 0 Å². The molecule has 41 valence electrons. The van der Waals surface area contributed by atoms with E-state index in [-0.39, 0.29) is 5.84 Å². The van der Waals surface area contributed by atoms with Crippen molar-refractivity contribution < 1.29 is 0 Å². The molecule has 1 aromatic heterocycles. The molecule has 0 aromatic carbocycles. The maximum absolute atomic E-state index is 6.83. The first-order valence-corrected chi connectivity index (χ1v) is 2.06. The lowest BCUT2D eigenvalue weighted by Gasteiger charge is -1.84. The second kappa shape index (κ2) is 1.65. The maximum Gasteiger partial charge on any atom is 0.141 e. The van der Waals surface area contributed by atoms with E-state index in [9.17, 15) is 0 Å². The minimum Gasteiger partial charge on any atom is -0.382 e. The van der Waals surface area contributed by atoms with Crippen molar-refractivity contribution in [1.82, 2.24) is 9.97 Å². The van der Waals surface area contributed by atoms with Crippen molar-refractivity contribution in [3.05, 3.63) is 18.2 Å². The lowest BCUT2D eigenvalue weighted by atomic mass is 10.5. The van der Waals surface area contributed by atoms with Crippen LogP contribution < -0.4 is 5.73 Å². The summed E-state index contributed by atoms with van der Waals surface area (Å²) in [5, 5.41) is 6.83. The smallest absolute Gasteiger partial charge is 0.141 e. The Labute approximate surface area is 46.3 Å². The zero-order valence-corrected chi connectivity index (χ0v) is 4.10. The summed E-state index contributed by atoms with van der Waals surface area (Å²) < 4.78 is 0. The number of aromatic nitrogens is 2. The van der Waals surface area contributed by atoms with Gasteiger partial charge in [0.1, 0.15) is 17.7 Å². The topological polar surface area (TPSA) is 78.6 Å². The Balaban J connectivity index is 2.93. The van der Waals surface area contributed by atoms with Gasteiger partial charge < -0.3 is 10.7 Å². The molecule has 0 fully saturated rings. The molecule has 0 aliphatic heterocycles. The molecule has 0 aliphatic rings. The molecule has 8 heavy (non-hydrogen) atoms. The summed E-state index contributed by atoms with van der Waals surface area (Å²) in [5.41, 5.74) is 5.47. The summed E-state index contributed by atoms with van der Waals surface area (Å²) in [6, 6.07) is 0. The SMILES string of the molecule is N=C(N)c1[c]nc[nH]1. The number of hydrogen-bond donors (Lipinski definition) is 3. The minimum absolute atomic E-state index is 0.0394. The van der Waals surface area contributed by atoms with Crippen molar-refractivity contribution in [3.8, 4) is 0 Å². The van der Waals surface area contributed by atoms with Crippen LogP contribution in [0.15, 0.2) is 6.33 Å². The molecule has 0 saturated carbocycles. The molecular formula is C4H5N4. The van der Waals surface area contributed by atoms with Crippen LogP contribution in [0, 0.1) is 11.6 Å². The highest BCUT2D eigenvalue weighted by Crippen LogP contribution is 1.83. The van der Waals surface area contributed by atoms with Gasteiger partial charge in [-0.25, -0.2) is 4.98 Å². The van der Waals surface area contributed by atoms with Gasteiger partial charge in [0.05, 0.1) is 6.33 Å². The number of nitrogens with one attached hydrogen (secondary N) is 2. The van der Waals surface area contributed by atoms with Crippen LogP contribution >= 0.6 is 0 Å². The Hall–Kier alpha value is -1.32. The third-order valence-corrected chi connectivity index (χ3v) is 0.719. The second-order valence-corrected chi connectivity index (χ2v) is 1.30. The molecule has 0 atom stereocenters. The molecule has 0 spiro atoms. The fourth-order valence-electron chi connectivity index (χ4n) is 0.364. The maximum atomic E-state index is 6.83. The molecule has 0 amide bonds. The molecule has 0 unspecified atom stereocenters. The molecule has 1 rings (SSSR count). The highest BCUT2D eigenvalue weighted by atomic mass is 14.9. The first kappa shape index (κ1) is 4.83. The molecular weight excluding hydrogens is 104 g/mol. The van der Waals surface area contributed by atoms with E-state index in [2.05, 4.69) is 16.2 Å². The number of amidine groups is 1. The van der Waals surface area contributed by atoms with Gasteiger partial charge in [-0.3, -0.25) is 5.41 Å². The van der Waals surface area contributed by atoms with Crippen molar-refractivity contribution >= 4 is 5.84 Å². The fraction of sp³-hybridized carbons (Fsp3) is 0. The lowest BCUT2D eigenvalue weighted by molar-refractivity contribution is 1.29. The predicted molar refractivity (Wildman–Crippen MR) is 28.4 cm³/mol. The number of hydrogen-bond acceptors (Lipinski definition) is 2. The van der Waals surface area contributed by atoms with E-state index in [1.165, 1.54) is 6.33 Å². The van der Waals surface area contributed by atoms with E-state index in [0.29, 0.717) is 5.69 Å². The minimum atomic E-state index is -0.0394. The van der Waals surface area contributed by atoms with Crippen LogP contribution in [-0.4, -0.2) is 15.8 Å². The van der Waals surface area contributed by atoms with Crippen LogP contribution in [0.25, 0.3) is 0 Å². The number of aromatic amines is 1. The van der Waals surface area contributed by atoms with Gasteiger partial charge in [0, 0.05) is 0 Å². The van der Waals surface area contributed by atoms with Crippen molar-refractivity contribution in [2.45, 2.75) is 0 Å². The average Bonchev–Trinajstić information content (AvgIpc) is 2.12. The summed E-state index contributed by atoms with van der Waals surface area (Å²) in [7, 11) is 0. The first-order chi connectivity index (χ1) is 3.80. The van der Waals surface area contributed by atoms with Crippen LogP contribution in [0.1, 0.15) is 5.69 Å². The van der Waals surface area contributed by atoms with E-state index in [1.54, 1.807) is 0 Å². The summed E-state index contributed by atoms with van der Waals surface area (Å²) in [6.45, 7) is 0. The number of nitrogens with zero attached hydrogens (tertiary/aromatic N) is 1. The van der Waals surface area contributed by atoms with Crippen molar-refractivity contribution in [2.75, 3.05) is 0 Å². The van der Waals surface area contributed by atoms with E-state index in [4.69, 9.17) is 11.1 Å². The van der Waals surface area contributed by atoms with Gasteiger partial charge in [-0.1, -0.05) is 0 Å². The molecule has 1 radical (unpaired) electrons. The van der Waals surface area contributed by atoms with Crippen molar-refractivity contribution in [1.29, 1.82) is 5.41 Å². The molecule has 0 aliphatic carbocycles. The van der Waals surface area contributed by atoms with Crippen LogP contribution in [0.5, 0.6) is 0 Å². The van der Waals surface area contributed by atoms with Crippen molar-refractivity contribution in [3.63, 3.8) is 0 Å². The van der Waals surface area contributed by atoms with E-state index < -0.39 is 0 Å². The monoisotopic (exact) mass is 109 g/mol. The summed E-state index contributed by atoms with van der Waals surface area (Å²) in [4.78, 5) is 6.16. The quantitative estimate of drug-likeness (QED) is 0.335. The van der Waals surface area contributed by atoms with Gasteiger partial charge >= 0.3 is 0 Å². The highest BCUT2D eigenvalue weighted by molar-refractivity contribution is 5.92. The summed E-state index contributed by atoms with van der Waals surface area (Å²) in [6.07, 6.45) is 3.91. The third kappa shape index (κ3) is 0.676. The molecule has 4 heteroatoms. The molecule has 4 nitrogen and oxygen atoms in total. The van der Waals surface area contributed by atoms with Crippen molar-refractivity contribution in [2.24, 2.45) is 5.73 Å². The number of nitrogen functional groups attached to an aromatic ring is 1. The van der Waals surface area contributed by atoms with Gasteiger partial charge in [-0.2, -0.15) is 0 Å². The molecule has 4 N–H and O–H groups in total. The first-order valence-electron chi connectivity index (χ1n) is 2.06. The lowest BCUT2D eigenvalue weighted by Crippen LogP contribution is -2.11. The predicted octanol–water partition coefficient (Wildman–Crippen LogP) is -0.506. The Morgan fingerprint density at radius 2 is 2.75 bits per heavy atom. The van der Waals surface area contributed by atoms with Crippen LogP contribution in [0.3, 0.4) is 0 Å². The molecule has 1 heterocycles. The van der Waals surface area contributed by atoms with Crippen LogP contribution in [0.4, 0.5) is 0 Å². The Morgan fingerprint density at radius 1 is 2.00 bits per heavy atom.